The minimum Gasteiger partial charge on any atom is -0.497 e. The second kappa shape index (κ2) is 9.55. The number of aryl methyl sites for hydroxylation is 1. The molecule has 156 valence electrons. The van der Waals surface area contributed by atoms with Gasteiger partial charge in [0.15, 0.2) is 5.78 Å². The van der Waals surface area contributed by atoms with Gasteiger partial charge in [-0.3, -0.25) is 4.79 Å². The molecule has 5 nitrogen and oxygen atoms in total. The molecule has 7 heteroatoms. The molecule has 0 bridgehead atoms. The number of sulfonamides is 1. The van der Waals surface area contributed by atoms with Crippen molar-refractivity contribution >= 4 is 31.7 Å². The standard InChI is InChI=1S/C23H22BrNO4S/c1-16-8-14-20(15-9-16)30(27,28)25-22(17-10-12-19(29-2)13-11-17)21(24)23(26)18-6-4-3-5-7-18/h3-15,21-22,25H,1-2H3/t21-,22+/m1/s1. The minimum absolute atomic E-state index is 0.137. The lowest BCUT2D eigenvalue weighted by molar-refractivity contribution is 0.0982. The van der Waals surface area contributed by atoms with Gasteiger partial charge in [-0.1, -0.05) is 76.1 Å². The van der Waals surface area contributed by atoms with Crippen LogP contribution in [-0.2, 0) is 10.0 Å². The predicted molar refractivity (Wildman–Crippen MR) is 121 cm³/mol. The van der Waals surface area contributed by atoms with E-state index in [1.54, 1.807) is 79.9 Å². The highest BCUT2D eigenvalue weighted by Crippen LogP contribution is 2.29. The summed E-state index contributed by atoms with van der Waals surface area (Å²) in [7, 11) is -2.31. The van der Waals surface area contributed by atoms with Crippen molar-refractivity contribution in [3.8, 4) is 5.75 Å². The maximum Gasteiger partial charge on any atom is 0.241 e. The van der Waals surface area contributed by atoms with Gasteiger partial charge in [-0.25, -0.2) is 13.1 Å². The number of hydrogen-bond donors (Lipinski definition) is 1. The smallest absolute Gasteiger partial charge is 0.241 e. The number of carbonyl (C=O) groups is 1. The van der Waals surface area contributed by atoms with Crippen molar-refractivity contribution in [2.75, 3.05) is 7.11 Å². The number of methoxy groups -OCH3 is 1. The summed E-state index contributed by atoms with van der Waals surface area (Å²) in [6.07, 6.45) is 0. The van der Waals surface area contributed by atoms with Crippen molar-refractivity contribution in [3.05, 3.63) is 95.6 Å². The lowest BCUT2D eigenvalue weighted by atomic mass is 9.98. The molecule has 0 unspecified atom stereocenters. The van der Waals surface area contributed by atoms with Crippen molar-refractivity contribution in [2.45, 2.75) is 22.7 Å². The fourth-order valence-electron chi connectivity index (χ4n) is 2.97. The zero-order valence-electron chi connectivity index (χ0n) is 16.6. The van der Waals surface area contributed by atoms with Gasteiger partial charge in [-0.15, -0.1) is 0 Å². The topological polar surface area (TPSA) is 72.5 Å². The third kappa shape index (κ3) is 5.16. The first-order valence-electron chi connectivity index (χ1n) is 9.28. The van der Waals surface area contributed by atoms with Gasteiger partial charge in [0.05, 0.1) is 22.9 Å². The van der Waals surface area contributed by atoms with Crippen LogP contribution in [0.4, 0.5) is 0 Å². The van der Waals surface area contributed by atoms with Crippen LogP contribution in [0, 0.1) is 6.92 Å². The maximum atomic E-state index is 13.0. The van der Waals surface area contributed by atoms with E-state index in [9.17, 15) is 13.2 Å². The molecule has 0 heterocycles. The number of carbonyl (C=O) groups excluding carboxylic acids is 1. The Balaban J connectivity index is 1.98. The van der Waals surface area contributed by atoms with Crippen molar-refractivity contribution in [3.63, 3.8) is 0 Å². The van der Waals surface area contributed by atoms with E-state index < -0.39 is 20.9 Å². The molecule has 30 heavy (non-hydrogen) atoms. The van der Waals surface area contributed by atoms with Crippen LogP contribution in [-0.4, -0.2) is 26.1 Å². The van der Waals surface area contributed by atoms with Crippen molar-refractivity contribution in [1.29, 1.82) is 0 Å². The van der Waals surface area contributed by atoms with Crippen molar-refractivity contribution in [2.24, 2.45) is 0 Å². The van der Waals surface area contributed by atoms with Gasteiger partial charge >= 0.3 is 0 Å². The molecule has 0 aliphatic heterocycles. The molecule has 0 aliphatic carbocycles. The molecule has 1 N–H and O–H groups in total. The molecule has 0 spiro atoms. The van der Waals surface area contributed by atoms with Gasteiger partial charge in [-0.2, -0.15) is 0 Å². The Morgan fingerprint density at radius 3 is 2.10 bits per heavy atom. The molecule has 2 atom stereocenters. The maximum absolute atomic E-state index is 13.0. The molecule has 0 saturated carbocycles. The number of rotatable bonds is 8. The Hall–Kier alpha value is -2.48. The van der Waals surface area contributed by atoms with E-state index in [4.69, 9.17) is 4.74 Å². The SMILES string of the molecule is COc1ccc([C@H](NS(=O)(=O)c2ccc(C)cc2)[C@@H](Br)C(=O)c2ccccc2)cc1. The fourth-order valence-corrected chi connectivity index (χ4v) is 5.09. The quantitative estimate of drug-likeness (QED) is 0.370. The van der Waals surface area contributed by atoms with Gasteiger partial charge in [0.2, 0.25) is 10.0 Å². The lowest BCUT2D eigenvalue weighted by Gasteiger charge is -2.24. The molecule has 0 aromatic heterocycles. The summed E-state index contributed by atoms with van der Waals surface area (Å²) in [5, 5.41) is 0. The summed E-state index contributed by atoms with van der Waals surface area (Å²) < 4.78 is 34.0. The molecule has 3 aromatic carbocycles. The molecule has 3 aromatic rings. The van der Waals surface area contributed by atoms with Crippen LogP contribution >= 0.6 is 15.9 Å². The zero-order chi connectivity index (χ0) is 21.7. The number of benzene rings is 3. The first kappa shape index (κ1) is 22.2. The van der Waals surface area contributed by atoms with Gasteiger partial charge in [0.1, 0.15) is 5.75 Å². The van der Waals surface area contributed by atoms with Crippen LogP contribution in [0.3, 0.4) is 0 Å². The van der Waals surface area contributed by atoms with Crippen LogP contribution < -0.4 is 9.46 Å². The van der Waals surface area contributed by atoms with E-state index >= 15 is 0 Å². The Bertz CT molecular complexity index is 1100. The van der Waals surface area contributed by atoms with Gasteiger partial charge in [0, 0.05) is 5.56 Å². The van der Waals surface area contributed by atoms with Crippen molar-refractivity contribution < 1.29 is 17.9 Å². The van der Waals surface area contributed by atoms with Gasteiger partial charge < -0.3 is 4.74 Å². The highest BCUT2D eigenvalue weighted by Gasteiger charge is 2.32. The lowest BCUT2D eigenvalue weighted by Crippen LogP contribution is -2.37. The van der Waals surface area contributed by atoms with Crippen LogP contribution in [0.1, 0.15) is 27.5 Å². The Kier molecular flexibility index (Phi) is 7.07. The third-order valence-electron chi connectivity index (χ3n) is 4.69. The second-order valence-electron chi connectivity index (χ2n) is 6.82. The summed E-state index contributed by atoms with van der Waals surface area (Å²) in [5.74, 6) is 0.419. The molecule has 3 rings (SSSR count). The number of Topliss-reactive ketones (excluding diaryl/α,β-unsaturated/α-hetero) is 1. The van der Waals surface area contributed by atoms with E-state index in [1.165, 1.54) is 0 Å². The summed E-state index contributed by atoms with van der Waals surface area (Å²) >= 11 is 3.45. The monoisotopic (exact) mass is 487 g/mol. The fraction of sp³-hybridized carbons (Fsp3) is 0.174. The summed E-state index contributed by atoms with van der Waals surface area (Å²) in [6.45, 7) is 1.89. The zero-order valence-corrected chi connectivity index (χ0v) is 19.0. The number of alkyl halides is 1. The Labute approximate surface area is 185 Å². The number of halogens is 1. The van der Waals surface area contributed by atoms with E-state index in [-0.39, 0.29) is 10.7 Å². The first-order valence-corrected chi connectivity index (χ1v) is 11.7. The van der Waals surface area contributed by atoms with Crippen LogP contribution in [0.15, 0.2) is 83.8 Å². The first-order chi connectivity index (χ1) is 14.3. The average molecular weight is 488 g/mol. The molecule has 0 amide bonds. The van der Waals surface area contributed by atoms with Crippen LogP contribution in [0.25, 0.3) is 0 Å². The van der Waals surface area contributed by atoms with E-state index in [0.717, 1.165) is 5.56 Å². The van der Waals surface area contributed by atoms with E-state index in [2.05, 4.69) is 20.7 Å². The highest BCUT2D eigenvalue weighted by atomic mass is 79.9. The predicted octanol–water partition coefficient (Wildman–Crippen LogP) is 4.67. The molecular formula is C23H22BrNO4S. The van der Waals surface area contributed by atoms with Gasteiger partial charge in [-0.05, 0) is 36.8 Å². The van der Waals surface area contributed by atoms with E-state index in [1.807, 2.05) is 13.0 Å². The van der Waals surface area contributed by atoms with Crippen LogP contribution in [0.5, 0.6) is 5.75 Å². The van der Waals surface area contributed by atoms with Gasteiger partial charge in [0.25, 0.3) is 0 Å². The van der Waals surface area contributed by atoms with E-state index in [0.29, 0.717) is 16.9 Å². The second-order valence-corrected chi connectivity index (χ2v) is 9.52. The Morgan fingerprint density at radius 1 is 0.933 bits per heavy atom. The minimum atomic E-state index is -3.86. The number of ketones is 1. The largest absolute Gasteiger partial charge is 0.497 e. The molecule has 0 radical (unpaired) electrons. The Morgan fingerprint density at radius 2 is 1.53 bits per heavy atom. The molecule has 0 saturated heterocycles. The summed E-state index contributed by atoms with van der Waals surface area (Å²) in [4.78, 5) is 12.4. The summed E-state index contributed by atoms with van der Waals surface area (Å²) in [6, 6.07) is 21.5. The average Bonchev–Trinajstić information content (AvgIpc) is 2.77. The normalized spacial score (nSPS) is 13.4. The molecular weight excluding hydrogens is 466 g/mol. The van der Waals surface area contributed by atoms with Crippen molar-refractivity contribution in [1.82, 2.24) is 4.72 Å². The van der Waals surface area contributed by atoms with Crippen LogP contribution in [0.2, 0.25) is 0 Å². The number of hydrogen-bond acceptors (Lipinski definition) is 4. The third-order valence-corrected chi connectivity index (χ3v) is 7.09. The highest BCUT2D eigenvalue weighted by molar-refractivity contribution is 9.10. The summed E-state index contributed by atoms with van der Waals surface area (Å²) in [5.41, 5.74) is 2.09. The number of ether oxygens (including phenoxy) is 1. The molecule has 0 aliphatic rings. The number of nitrogens with one attached hydrogen (secondary N) is 1. The molecule has 0 fully saturated rings.